The summed E-state index contributed by atoms with van der Waals surface area (Å²) in [7, 11) is 0. The second-order valence-corrected chi connectivity index (χ2v) is 8.76. The van der Waals surface area contributed by atoms with Crippen LogP contribution in [0, 0.1) is 0 Å². The van der Waals surface area contributed by atoms with Crippen LogP contribution in [0.15, 0.2) is 72.8 Å². The number of benzene rings is 3. The highest BCUT2D eigenvalue weighted by Gasteiger charge is 2.31. The molecule has 0 aliphatic carbocycles. The number of alkyl halides is 3. The molecule has 5 rings (SSSR count). The van der Waals surface area contributed by atoms with Gasteiger partial charge in [0.25, 0.3) is 11.8 Å². The predicted molar refractivity (Wildman–Crippen MR) is 129 cm³/mol. The summed E-state index contributed by atoms with van der Waals surface area (Å²) in [4.78, 5) is 30.9. The number of anilines is 2. The number of para-hydroxylation sites is 2. The van der Waals surface area contributed by atoms with Gasteiger partial charge in [-0.15, -0.1) is 0 Å². The molecule has 0 saturated carbocycles. The molecule has 3 aromatic rings. The molecule has 2 aliphatic rings. The zero-order valence-electron chi connectivity index (χ0n) is 19.4. The lowest BCUT2D eigenvalue weighted by molar-refractivity contribution is -0.137. The van der Waals surface area contributed by atoms with E-state index in [2.05, 4.69) is 0 Å². The van der Waals surface area contributed by atoms with Crippen LogP contribution in [0.25, 0.3) is 0 Å². The van der Waals surface area contributed by atoms with Crippen LogP contribution in [-0.2, 0) is 17.5 Å². The van der Waals surface area contributed by atoms with E-state index in [1.165, 1.54) is 6.07 Å². The average Bonchev–Trinajstić information content (AvgIpc) is 2.90. The Hall–Kier alpha value is -4.01. The molecule has 3 aromatic carbocycles. The quantitative estimate of drug-likeness (QED) is 0.531. The van der Waals surface area contributed by atoms with Gasteiger partial charge in [-0.3, -0.25) is 9.59 Å². The maximum Gasteiger partial charge on any atom is 0.416 e. The molecule has 36 heavy (non-hydrogen) atoms. The summed E-state index contributed by atoms with van der Waals surface area (Å²) in [6, 6.07) is 19.8. The van der Waals surface area contributed by atoms with E-state index in [0.717, 1.165) is 17.7 Å². The maximum absolute atomic E-state index is 13.2. The van der Waals surface area contributed by atoms with Gasteiger partial charge in [-0.2, -0.15) is 13.2 Å². The van der Waals surface area contributed by atoms with Crippen molar-refractivity contribution < 1.29 is 27.5 Å². The van der Waals surface area contributed by atoms with Gasteiger partial charge in [0.2, 0.25) is 0 Å². The normalized spacial score (nSPS) is 16.0. The van der Waals surface area contributed by atoms with E-state index in [1.54, 1.807) is 34.1 Å². The van der Waals surface area contributed by atoms with Crippen molar-refractivity contribution in [2.75, 3.05) is 42.6 Å². The highest BCUT2D eigenvalue weighted by molar-refractivity contribution is 5.98. The largest absolute Gasteiger partial charge is 0.482 e. The molecular weight excluding hydrogens is 471 g/mol. The second-order valence-electron chi connectivity index (χ2n) is 8.76. The molecule has 0 spiro atoms. The molecular formula is C27H24F3N3O3. The lowest BCUT2D eigenvalue weighted by Crippen LogP contribution is -2.48. The Kier molecular flexibility index (Phi) is 6.30. The van der Waals surface area contributed by atoms with Crippen molar-refractivity contribution >= 4 is 23.2 Å². The fraction of sp³-hybridized carbons (Fsp3) is 0.259. The summed E-state index contributed by atoms with van der Waals surface area (Å²) in [5.41, 5.74) is 1.82. The van der Waals surface area contributed by atoms with E-state index >= 15 is 0 Å². The molecule has 9 heteroatoms. The number of ether oxygens (including phenoxy) is 1. The van der Waals surface area contributed by atoms with Crippen molar-refractivity contribution in [3.05, 3.63) is 89.5 Å². The van der Waals surface area contributed by atoms with Gasteiger partial charge in [-0.25, -0.2) is 0 Å². The molecule has 0 unspecified atom stereocenters. The van der Waals surface area contributed by atoms with E-state index in [4.69, 9.17) is 4.74 Å². The van der Waals surface area contributed by atoms with Crippen LogP contribution >= 0.6 is 0 Å². The van der Waals surface area contributed by atoms with Crippen molar-refractivity contribution in [1.82, 2.24) is 4.90 Å². The number of rotatable bonds is 4. The van der Waals surface area contributed by atoms with Gasteiger partial charge in [0.05, 0.1) is 17.8 Å². The Morgan fingerprint density at radius 1 is 0.889 bits per heavy atom. The summed E-state index contributed by atoms with van der Waals surface area (Å²) >= 11 is 0. The van der Waals surface area contributed by atoms with Crippen LogP contribution in [0.5, 0.6) is 5.75 Å². The van der Waals surface area contributed by atoms with Crippen LogP contribution in [0.1, 0.15) is 21.5 Å². The minimum atomic E-state index is -4.40. The number of hydrogen-bond acceptors (Lipinski definition) is 4. The minimum Gasteiger partial charge on any atom is -0.482 e. The third kappa shape index (κ3) is 4.86. The van der Waals surface area contributed by atoms with Crippen molar-refractivity contribution in [3.8, 4) is 5.75 Å². The second kappa shape index (κ2) is 9.56. The summed E-state index contributed by atoms with van der Waals surface area (Å²) in [5, 5.41) is 0. The molecule has 2 amide bonds. The third-order valence-electron chi connectivity index (χ3n) is 6.43. The summed E-state index contributed by atoms with van der Waals surface area (Å²) in [6.45, 7) is 1.94. The van der Waals surface area contributed by atoms with Gasteiger partial charge < -0.3 is 19.4 Å². The van der Waals surface area contributed by atoms with Crippen molar-refractivity contribution in [1.29, 1.82) is 0 Å². The van der Waals surface area contributed by atoms with Crippen LogP contribution in [-0.4, -0.2) is 49.5 Å². The van der Waals surface area contributed by atoms with E-state index in [-0.39, 0.29) is 18.4 Å². The summed E-state index contributed by atoms with van der Waals surface area (Å²) < 4.78 is 44.7. The standard InChI is InChI=1S/C27H24F3N3O3/c28-27(29,30)21-7-4-8-22(16-21)31-11-13-32(14-12-31)26(35)20-6-3-5-19(15-20)17-33-23-9-1-2-10-24(23)36-18-25(33)34/h1-10,15-16H,11-14,17-18H2. The van der Waals surface area contributed by atoms with E-state index in [1.807, 2.05) is 35.2 Å². The topological polar surface area (TPSA) is 53.1 Å². The summed E-state index contributed by atoms with van der Waals surface area (Å²) in [5.74, 6) is 0.341. The molecule has 2 heterocycles. The molecule has 6 nitrogen and oxygen atoms in total. The molecule has 0 bridgehead atoms. The fourth-order valence-electron chi connectivity index (χ4n) is 4.54. The Morgan fingerprint density at radius 2 is 1.64 bits per heavy atom. The smallest absolute Gasteiger partial charge is 0.416 e. The number of nitrogens with zero attached hydrogens (tertiary/aromatic N) is 3. The number of amides is 2. The Morgan fingerprint density at radius 3 is 2.42 bits per heavy atom. The predicted octanol–water partition coefficient (Wildman–Crippen LogP) is 4.59. The SMILES string of the molecule is O=C(c1cccc(CN2C(=O)COc3ccccc32)c1)N1CCN(c2cccc(C(F)(F)F)c2)CC1. The number of hydrogen-bond donors (Lipinski definition) is 0. The number of carbonyl (C=O) groups excluding carboxylic acids is 2. The molecule has 0 radical (unpaired) electrons. The number of piperazine rings is 1. The van der Waals surface area contributed by atoms with E-state index in [9.17, 15) is 22.8 Å². The van der Waals surface area contributed by atoms with E-state index < -0.39 is 11.7 Å². The molecule has 1 saturated heterocycles. The zero-order valence-corrected chi connectivity index (χ0v) is 19.4. The van der Waals surface area contributed by atoms with Gasteiger partial charge >= 0.3 is 6.18 Å². The number of carbonyl (C=O) groups is 2. The monoisotopic (exact) mass is 495 g/mol. The van der Waals surface area contributed by atoms with Crippen LogP contribution in [0.2, 0.25) is 0 Å². The Bertz CT molecular complexity index is 1290. The zero-order chi connectivity index (χ0) is 25.3. The minimum absolute atomic E-state index is 0.0359. The lowest BCUT2D eigenvalue weighted by atomic mass is 10.1. The molecule has 1 fully saturated rings. The first-order valence-electron chi connectivity index (χ1n) is 11.6. The highest BCUT2D eigenvalue weighted by atomic mass is 19.4. The lowest BCUT2D eigenvalue weighted by Gasteiger charge is -2.36. The van der Waals surface area contributed by atoms with Gasteiger partial charge in [-0.05, 0) is 48.0 Å². The third-order valence-corrected chi connectivity index (χ3v) is 6.43. The molecule has 0 atom stereocenters. The van der Waals surface area contributed by atoms with E-state index in [0.29, 0.717) is 55.4 Å². The average molecular weight is 496 g/mol. The first-order valence-corrected chi connectivity index (χ1v) is 11.6. The fourth-order valence-corrected chi connectivity index (χ4v) is 4.54. The molecule has 186 valence electrons. The number of fused-ring (bicyclic) bond motifs is 1. The Labute approximate surface area is 206 Å². The first kappa shape index (κ1) is 23.7. The Balaban J connectivity index is 1.25. The van der Waals surface area contributed by atoms with Crippen molar-refractivity contribution in [2.24, 2.45) is 0 Å². The van der Waals surface area contributed by atoms with Crippen LogP contribution in [0.3, 0.4) is 0 Å². The van der Waals surface area contributed by atoms with Crippen molar-refractivity contribution in [2.45, 2.75) is 12.7 Å². The van der Waals surface area contributed by atoms with Gasteiger partial charge in [0.15, 0.2) is 6.61 Å². The number of halogens is 3. The highest BCUT2D eigenvalue weighted by Crippen LogP contribution is 2.33. The first-order chi connectivity index (χ1) is 17.3. The van der Waals surface area contributed by atoms with Crippen LogP contribution in [0.4, 0.5) is 24.5 Å². The van der Waals surface area contributed by atoms with Crippen molar-refractivity contribution in [3.63, 3.8) is 0 Å². The van der Waals surface area contributed by atoms with Gasteiger partial charge in [0, 0.05) is 37.4 Å². The van der Waals surface area contributed by atoms with Gasteiger partial charge in [0.1, 0.15) is 5.75 Å². The molecule has 2 aliphatic heterocycles. The maximum atomic E-state index is 13.2. The van der Waals surface area contributed by atoms with Gasteiger partial charge in [-0.1, -0.05) is 30.3 Å². The molecule has 0 aromatic heterocycles. The van der Waals surface area contributed by atoms with Crippen LogP contribution < -0.4 is 14.5 Å². The molecule has 0 N–H and O–H groups in total. The summed E-state index contributed by atoms with van der Waals surface area (Å²) in [6.07, 6.45) is -4.40.